The molecule has 1 atom stereocenters. The molecular weight excluding hydrogens is 226 g/mol. The van der Waals surface area contributed by atoms with Crippen LogP contribution in [0.4, 0.5) is 5.69 Å². The first-order chi connectivity index (χ1) is 8.00. The van der Waals surface area contributed by atoms with E-state index in [2.05, 4.69) is 0 Å². The highest BCUT2D eigenvalue weighted by atomic mass is 16.6. The van der Waals surface area contributed by atoms with Crippen molar-refractivity contribution in [3.63, 3.8) is 0 Å². The molecule has 6 heteroatoms. The van der Waals surface area contributed by atoms with Gasteiger partial charge in [0.2, 0.25) is 0 Å². The summed E-state index contributed by atoms with van der Waals surface area (Å²) >= 11 is 0. The number of rotatable bonds is 4. The molecule has 2 rings (SSSR count). The fourth-order valence-electron chi connectivity index (χ4n) is 1.82. The third kappa shape index (κ3) is 2.26. The van der Waals surface area contributed by atoms with Crippen LogP contribution in [0, 0.1) is 17.0 Å². The van der Waals surface area contributed by atoms with E-state index < -0.39 is 10.9 Å². The summed E-state index contributed by atoms with van der Waals surface area (Å²) in [6.07, 6.45) is 0.406. The standard InChI is InChI=1S/C11H11NO5/c1-6-9(4-7-5-17-7)8(11(13)14)2-3-10(6)12(15)16/h2-3,7H,4-5H2,1H3,(H,13,14). The van der Waals surface area contributed by atoms with Crippen molar-refractivity contribution in [2.45, 2.75) is 19.4 Å². The van der Waals surface area contributed by atoms with Gasteiger partial charge in [0.05, 0.1) is 23.2 Å². The van der Waals surface area contributed by atoms with E-state index in [9.17, 15) is 14.9 Å². The Kier molecular flexibility index (Phi) is 2.81. The molecule has 17 heavy (non-hydrogen) atoms. The summed E-state index contributed by atoms with van der Waals surface area (Å²) in [5.74, 6) is -1.07. The molecule has 1 N–H and O–H groups in total. The Morgan fingerprint density at radius 3 is 2.76 bits per heavy atom. The molecule has 0 bridgehead atoms. The lowest BCUT2D eigenvalue weighted by molar-refractivity contribution is -0.385. The van der Waals surface area contributed by atoms with E-state index in [-0.39, 0.29) is 17.4 Å². The third-order valence-corrected chi connectivity index (χ3v) is 2.83. The molecule has 1 fully saturated rings. The zero-order valence-electron chi connectivity index (χ0n) is 9.17. The summed E-state index contributed by atoms with van der Waals surface area (Å²) < 4.78 is 5.04. The summed E-state index contributed by atoms with van der Waals surface area (Å²) in [6.45, 7) is 2.16. The van der Waals surface area contributed by atoms with Crippen LogP contribution >= 0.6 is 0 Å². The zero-order chi connectivity index (χ0) is 12.6. The minimum Gasteiger partial charge on any atom is -0.478 e. The number of benzene rings is 1. The van der Waals surface area contributed by atoms with Gasteiger partial charge >= 0.3 is 5.97 Å². The number of ether oxygens (including phenoxy) is 1. The highest BCUT2D eigenvalue weighted by Gasteiger charge is 2.28. The Balaban J connectivity index is 2.50. The van der Waals surface area contributed by atoms with Crippen LogP contribution in [-0.2, 0) is 11.2 Å². The Morgan fingerprint density at radius 2 is 2.29 bits per heavy atom. The second-order valence-electron chi connectivity index (χ2n) is 3.96. The minimum absolute atomic E-state index is 0.00574. The Hall–Kier alpha value is -1.95. The van der Waals surface area contributed by atoms with E-state index in [1.54, 1.807) is 6.92 Å². The molecule has 1 aliphatic rings. The molecule has 1 aliphatic heterocycles. The molecule has 1 unspecified atom stereocenters. The van der Waals surface area contributed by atoms with Crippen LogP contribution in [0.1, 0.15) is 21.5 Å². The lowest BCUT2D eigenvalue weighted by Gasteiger charge is -2.08. The molecule has 1 saturated heterocycles. The first-order valence-corrected chi connectivity index (χ1v) is 5.12. The Bertz CT molecular complexity index is 493. The van der Waals surface area contributed by atoms with Crippen molar-refractivity contribution < 1.29 is 19.6 Å². The molecule has 1 heterocycles. The summed E-state index contributed by atoms with van der Waals surface area (Å²) in [5, 5.41) is 19.8. The number of carbonyl (C=O) groups is 1. The van der Waals surface area contributed by atoms with Crippen molar-refractivity contribution in [3.8, 4) is 0 Å². The lowest BCUT2D eigenvalue weighted by Crippen LogP contribution is -2.09. The highest BCUT2D eigenvalue weighted by Crippen LogP contribution is 2.28. The van der Waals surface area contributed by atoms with Gasteiger partial charge in [-0.05, 0) is 18.6 Å². The minimum atomic E-state index is -1.07. The molecular formula is C11H11NO5. The number of hydrogen-bond acceptors (Lipinski definition) is 4. The summed E-state index contributed by atoms with van der Waals surface area (Å²) in [7, 11) is 0. The number of hydrogen-bond donors (Lipinski definition) is 1. The lowest BCUT2D eigenvalue weighted by atomic mass is 9.96. The number of aromatic carboxylic acids is 1. The van der Waals surface area contributed by atoms with Gasteiger partial charge in [-0.1, -0.05) is 0 Å². The number of nitro groups is 1. The number of nitro benzene ring substituents is 1. The van der Waals surface area contributed by atoms with Gasteiger partial charge in [0.15, 0.2) is 0 Å². The van der Waals surface area contributed by atoms with Gasteiger partial charge in [-0.25, -0.2) is 4.79 Å². The van der Waals surface area contributed by atoms with E-state index in [1.807, 2.05) is 0 Å². The van der Waals surface area contributed by atoms with E-state index in [4.69, 9.17) is 9.84 Å². The molecule has 0 amide bonds. The first-order valence-electron chi connectivity index (χ1n) is 5.12. The molecule has 6 nitrogen and oxygen atoms in total. The second kappa shape index (κ2) is 4.14. The maximum absolute atomic E-state index is 11.0. The van der Waals surface area contributed by atoms with E-state index in [0.717, 1.165) is 0 Å². The van der Waals surface area contributed by atoms with Gasteiger partial charge in [-0.3, -0.25) is 10.1 Å². The van der Waals surface area contributed by atoms with Crippen LogP contribution in [-0.4, -0.2) is 28.7 Å². The molecule has 0 aromatic heterocycles. The molecule has 0 aliphatic carbocycles. The summed E-state index contributed by atoms with van der Waals surface area (Å²) in [4.78, 5) is 21.3. The molecule has 90 valence electrons. The second-order valence-corrected chi connectivity index (χ2v) is 3.96. The number of nitrogens with zero attached hydrogens (tertiary/aromatic N) is 1. The predicted octanol–water partition coefficient (Wildman–Crippen LogP) is 1.54. The zero-order valence-corrected chi connectivity index (χ0v) is 9.17. The van der Waals surface area contributed by atoms with Crippen molar-refractivity contribution in [3.05, 3.63) is 38.9 Å². The average molecular weight is 237 g/mol. The molecule has 0 spiro atoms. The molecule has 0 saturated carbocycles. The van der Waals surface area contributed by atoms with Gasteiger partial charge in [0, 0.05) is 18.1 Å². The smallest absolute Gasteiger partial charge is 0.335 e. The van der Waals surface area contributed by atoms with E-state index in [0.29, 0.717) is 24.2 Å². The van der Waals surface area contributed by atoms with Crippen molar-refractivity contribution in [2.24, 2.45) is 0 Å². The van der Waals surface area contributed by atoms with Gasteiger partial charge < -0.3 is 9.84 Å². The van der Waals surface area contributed by atoms with Crippen LogP contribution in [0.15, 0.2) is 12.1 Å². The number of epoxide rings is 1. The monoisotopic (exact) mass is 237 g/mol. The van der Waals surface area contributed by atoms with E-state index in [1.165, 1.54) is 12.1 Å². The number of carboxylic acid groups (broad SMARTS) is 1. The van der Waals surface area contributed by atoms with E-state index >= 15 is 0 Å². The number of carboxylic acids is 1. The first kappa shape index (κ1) is 11.5. The fourth-order valence-corrected chi connectivity index (χ4v) is 1.82. The normalized spacial score (nSPS) is 17.8. The largest absolute Gasteiger partial charge is 0.478 e. The van der Waals surface area contributed by atoms with Crippen LogP contribution < -0.4 is 0 Å². The fraction of sp³-hybridized carbons (Fsp3) is 0.364. The van der Waals surface area contributed by atoms with Gasteiger partial charge in [-0.15, -0.1) is 0 Å². The summed E-state index contributed by atoms with van der Waals surface area (Å²) in [5.41, 5.74) is 0.967. The van der Waals surface area contributed by atoms with Crippen molar-refractivity contribution in [1.82, 2.24) is 0 Å². The van der Waals surface area contributed by atoms with Crippen LogP contribution in [0.3, 0.4) is 0 Å². The topological polar surface area (TPSA) is 93.0 Å². The van der Waals surface area contributed by atoms with Gasteiger partial charge in [-0.2, -0.15) is 0 Å². The quantitative estimate of drug-likeness (QED) is 0.487. The molecule has 1 aromatic rings. The third-order valence-electron chi connectivity index (χ3n) is 2.83. The maximum Gasteiger partial charge on any atom is 0.335 e. The average Bonchev–Trinajstić information content (AvgIpc) is 3.03. The Labute approximate surface area is 97.0 Å². The van der Waals surface area contributed by atoms with Gasteiger partial charge in [0.25, 0.3) is 5.69 Å². The van der Waals surface area contributed by atoms with Crippen molar-refractivity contribution in [1.29, 1.82) is 0 Å². The highest BCUT2D eigenvalue weighted by molar-refractivity contribution is 5.90. The Morgan fingerprint density at radius 1 is 1.65 bits per heavy atom. The van der Waals surface area contributed by atoms with Gasteiger partial charge in [0.1, 0.15) is 0 Å². The summed E-state index contributed by atoms with van der Waals surface area (Å²) in [6, 6.07) is 2.52. The predicted molar refractivity (Wildman–Crippen MR) is 58.2 cm³/mol. The molecule has 0 radical (unpaired) electrons. The SMILES string of the molecule is Cc1c([N+](=O)[O-])ccc(C(=O)O)c1CC1CO1. The molecule has 1 aromatic carbocycles. The van der Waals surface area contributed by atoms with Crippen molar-refractivity contribution >= 4 is 11.7 Å². The van der Waals surface area contributed by atoms with Crippen LogP contribution in [0.25, 0.3) is 0 Å². The van der Waals surface area contributed by atoms with Crippen molar-refractivity contribution in [2.75, 3.05) is 6.61 Å². The maximum atomic E-state index is 11.0. The van der Waals surface area contributed by atoms with Crippen LogP contribution in [0.2, 0.25) is 0 Å². The van der Waals surface area contributed by atoms with Crippen LogP contribution in [0.5, 0.6) is 0 Å².